The van der Waals surface area contributed by atoms with Crippen LogP contribution in [0.25, 0.3) is 5.76 Å². The zero-order valence-electron chi connectivity index (χ0n) is 10.1. The molecule has 1 aliphatic heterocycles. The van der Waals surface area contributed by atoms with Crippen LogP contribution in [0.1, 0.15) is 35.7 Å². The first-order valence-electron chi connectivity index (χ1n) is 5.67. The lowest BCUT2D eigenvalue weighted by Crippen LogP contribution is -2.10. The molecule has 1 aliphatic rings. The zero-order valence-corrected chi connectivity index (χ0v) is 10.1. The van der Waals surface area contributed by atoms with E-state index in [1.807, 2.05) is 6.92 Å². The van der Waals surface area contributed by atoms with Gasteiger partial charge in [-0.25, -0.2) is 4.79 Å². The second kappa shape index (κ2) is 4.14. The van der Waals surface area contributed by atoms with Gasteiger partial charge in [0.15, 0.2) is 0 Å². The maximum atomic E-state index is 11.8. The van der Waals surface area contributed by atoms with Gasteiger partial charge in [0.25, 0.3) is 0 Å². The first-order valence-corrected chi connectivity index (χ1v) is 5.67. The van der Waals surface area contributed by atoms with Crippen molar-refractivity contribution in [3.63, 3.8) is 0 Å². The van der Waals surface area contributed by atoms with Crippen LogP contribution in [-0.4, -0.2) is 5.97 Å². The van der Waals surface area contributed by atoms with Gasteiger partial charge in [0.1, 0.15) is 5.76 Å². The summed E-state index contributed by atoms with van der Waals surface area (Å²) in [5, 5.41) is 0. The molecule has 0 fully saturated rings. The molecule has 0 saturated heterocycles. The highest BCUT2D eigenvalue weighted by Crippen LogP contribution is 2.44. The largest absolute Gasteiger partial charge is 0.422 e. The van der Waals surface area contributed by atoms with Gasteiger partial charge in [-0.1, -0.05) is 13.3 Å². The van der Waals surface area contributed by atoms with Crippen LogP contribution in [0, 0.1) is 0 Å². The lowest BCUT2D eigenvalue weighted by Gasteiger charge is -2.11. The van der Waals surface area contributed by atoms with Crippen molar-refractivity contribution >= 4 is 34.5 Å². The van der Waals surface area contributed by atoms with Crippen molar-refractivity contribution in [2.75, 3.05) is 22.9 Å². The number of cyclic esters (lactones) is 1. The van der Waals surface area contributed by atoms with Crippen LogP contribution < -0.4 is 22.9 Å². The minimum Gasteiger partial charge on any atom is -0.422 e. The lowest BCUT2D eigenvalue weighted by atomic mass is 10.00. The van der Waals surface area contributed by atoms with E-state index >= 15 is 0 Å². The standard InChI is InChI=1S/C12H16N4O2/c1-2-3-4-5-6-7(12(17)18-5)9(14)11(16)10(15)8(6)13/h4H,2-3,13-16H2,1H3. The number of nitrogens with two attached hydrogens (primary N) is 4. The summed E-state index contributed by atoms with van der Waals surface area (Å²) in [5.41, 5.74) is 24.5. The molecule has 8 N–H and O–H groups in total. The molecule has 0 radical (unpaired) electrons. The topological polar surface area (TPSA) is 130 Å². The van der Waals surface area contributed by atoms with E-state index in [9.17, 15) is 4.79 Å². The third kappa shape index (κ3) is 1.54. The second-order valence-corrected chi connectivity index (χ2v) is 4.15. The molecule has 2 rings (SSSR count). The Bertz CT molecular complexity index is 564. The van der Waals surface area contributed by atoms with Gasteiger partial charge in [-0.05, 0) is 12.5 Å². The number of carbonyl (C=O) groups is 1. The maximum Gasteiger partial charge on any atom is 0.346 e. The van der Waals surface area contributed by atoms with Gasteiger partial charge in [0, 0.05) is 0 Å². The summed E-state index contributed by atoms with van der Waals surface area (Å²) in [6, 6.07) is 0. The van der Waals surface area contributed by atoms with Crippen LogP contribution in [0.3, 0.4) is 0 Å². The summed E-state index contributed by atoms with van der Waals surface area (Å²) in [5.74, 6) is -0.129. The van der Waals surface area contributed by atoms with E-state index in [1.54, 1.807) is 6.08 Å². The molecule has 6 nitrogen and oxygen atoms in total. The number of rotatable bonds is 2. The molecule has 0 aromatic heterocycles. The fraction of sp³-hybridized carbons (Fsp3) is 0.250. The minimum absolute atomic E-state index is 0.125. The number of anilines is 4. The summed E-state index contributed by atoms with van der Waals surface area (Å²) in [4.78, 5) is 11.8. The van der Waals surface area contributed by atoms with Gasteiger partial charge in [0.05, 0.1) is 33.9 Å². The van der Waals surface area contributed by atoms with Crippen molar-refractivity contribution in [3.8, 4) is 0 Å². The quantitative estimate of drug-likeness (QED) is 0.461. The maximum absolute atomic E-state index is 11.8. The molecule has 96 valence electrons. The van der Waals surface area contributed by atoms with Gasteiger partial charge in [0.2, 0.25) is 0 Å². The molecule has 1 aromatic carbocycles. The van der Waals surface area contributed by atoms with E-state index in [0.29, 0.717) is 11.3 Å². The normalized spacial score (nSPS) is 15.8. The number of unbranched alkanes of at least 4 members (excludes halogenated alkanes) is 1. The Hall–Kier alpha value is -2.37. The Labute approximate surface area is 105 Å². The minimum atomic E-state index is -0.539. The van der Waals surface area contributed by atoms with Crippen molar-refractivity contribution < 1.29 is 9.53 Å². The van der Waals surface area contributed by atoms with Gasteiger partial charge in [-0.2, -0.15) is 0 Å². The highest BCUT2D eigenvalue weighted by molar-refractivity contribution is 6.14. The van der Waals surface area contributed by atoms with Gasteiger partial charge >= 0.3 is 5.97 Å². The van der Waals surface area contributed by atoms with E-state index in [2.05, 4.69) is 0 Å². The molecule has 0 aliphatic carbocycles. The predicted molar refractivity (Wildman–Crippen MR) is 72.4 cm³/mol. The molecular formula is C12H16N4O2. The van der Waals surface area contributed by atoms with Crippen molar-refractivity contribution in [2.45, 2.75) is 19.8 Å². The number of carbonyl (C=O) groups excluding carboxylic acids is 1. The predicted octanol–water partition coefficient (Wildman–Crippen LogP) is 1.33. The van der Waals surface area contributed by atoms with Crippen molar-refractivity contribution in [1.82, 2.24) is 0 Å². The van der Waals surface area contributed by atoms with Crippen molar-refractivity contribution in [3.05, 3.63) is 17.2 Å². The van der Waals surface area contributed by atoms with E-state index in [4.69, 9.17) is 27.7 Å². The zero-order chi connectivity index (χ0) is 13.4. The molecule has 0 atom stereocenters. The molecule has 0 unspecified atom stereocenters. The number of fused-ring (bicyclic) bond motifs is 1. The fourth-order valence-electron chi connectivity index (χ4n) is 1.92. The first kappa shape index (κ1) is 12.1. The SMILES string of the molecule is CCCC=C1OC(=O)c2c(N)c(N)c(N)c(N)c21. The molecule has 6 heteroatoms. The monoisotopic (exact) mass is 248 g/mol. The first-order chi connectivity index (χ1) is 8.49. The number of hydrogen-bond acceptors (Lipinski definition) is 6. The number of nitrogen functional groups attached to an aromatic ring is 4. The van der Waals surface area contributed by atoms with Crippen LogP contribution in [0.5, 0.6) is 0 Å². The summed E-state index contributed by atoms with van der Waals surface area (Å²) in [7, 11) is 0. The molecule has 18 heavy (non-hydrogen) atoms. The molecule has 0 amide bonds. The number of esters is 1. The molecular weight excluding hydrogens is 232 g/mol. The second-order valence-electron chi connectivity index (χ2n) is 4.15. The molecule has 1 aromatic rings. The number of ether oxygens (including phenoxy) is 1. The molecule has 0 bridgehead atoms. The number of hydrogen-bond donors (Lipinski definition) is 4. The smallest absolute Gasteiger partial charge is 0.346 e. The number of benzene rings is 1. The molecule has 1 heterocycles. The van der Waals surface area contributed by atoms with Gasteiger partial charge in [-0.3, -0.25) is 0 Å². The highest BCUT2D eigenvalue weighted by atomic mass is 16.5. The fourth-order valence-corrected chi connectivity index (χ4v) is 1.92. The van der Waals surface area contributed by atoms with Crippen LogP contribution in [0.2, 0.25) is 0 Å². The Kier molecular flexibility index (Phi) is 2.78. The van der Waals surface area contributed by atoms with Crippen LogP contribution in [0.15, 0.2) is 6.08 Å². The van der Waals surface area contributed by atoms with Crippen LogP contribution in [0.4, 0.5) is 22.7 Å². The Balaban J connectivity index is 2.71. The summed E-state index contributed by atoms with van der Waals surface area (Å²) in [6.45, 7) is 2.02. The molecule has 0 saturated carbocycles. The Morgan fingerprint density at radius 2 is 1.56 bits per heavy atom. The Morgan fingerprint density at radius 3 is 2.11 bits per heavy atom. The van der Waals surface area contributed by atoms with Gasteiger partial charge < -0.3 is 27.7 Å². The highest BCUT2D eigenvalue weighted by Gasteiger charge is 2.33. The van der Waals surface area contributed by atoms with E-state index in [1.165, 1.54) is 0 Å². The molecule has 0 spiro atoms. The van der Waals surface area contributed by atoms with Crippen molar-refractivity contribution in [2.24, 2.45) is 0 Å². The van der Waals surface area contributed by atoms with E-state index in [-0.39, 0.29) is 28.3 Å². The Morgan fingerprint density at radius 1 is 1.00 bits per heavy atom. The van der Waals surface area contributed by atoms with Crippen LogP contribution >= 0.6 is 0 Å². The number of allylic oxidation sites excluding steroid dienone is 1. The lowest BCUT2D eigenvalue weighted by molar-refractivity contribution is 0.0716. The third-order valence-electron chi connectivity index (χ3n) is 2.93. The van der Waals surface area contributed by atoms with Crippen molar-refractivity contribution in [1.29, 1.82) is 0 Å². The third-order valence-corrected chi connectivity index (χ3v) is 2.93. The summed E-state index contributed by atoms with van der Waals surface area (Å²) in [6.07, 6.45) is 3.50. The summed E-state index contributed by atoms with van der Waals surface area (Å²) < 4.78 is 5.16. The van der Waals surface area contributed by atoms with E-state index in [0.717, 1.165) is 12.8 Å². The average molecular weight is 248 g/mol. The average Bonchev–Trinajstić information content (AvgIpc) is 2.68. The van der Waals surface area contributed by atoms with Crippen LogP contribution in [-0.2, 0) is 4.74 Å². The van der Waals surface area contributed by atoms with Gasteiger partial charge in [-0.15, -0.1) is 0 Å². The van der Waals surface area contributed by atoms with E-state index < -0.39 is 5.97 Å². The summed E-state index contributed by atoms with van der Waals surface area (Å²) >= 11 is 0.